The Morgan fingerprint density at radius 3 is 2.56 bits per heavy atom. The summed E-state index contributed by atoms with van der Waals surface area (Å²) in [6, 6.07) is 19.0. The van der Waals surface area contributed by atoms with E-state index in [0.29, 0.717) is 51.8 Å². The summed E-state index contributed by atoms with van der Waals surface area (Å²) >= 11 is 6.06. The molecule has 1 amide bonds. The Hall–Kier alpha value is -4.03. The largest absolute Gasteiger partial charge is 0.490 e. The molecule has 0 aliphatic carbocycles. The Balaban J connectivity index is 1.68. The Morgan fingerprint density at radius 1 is 1.03 bits per heavy atom. The molecule has 0 saturated carbocycles. The van der Waals surface area contributed by atoms with Crippen molar-refractivity contribution in [3.63, 3.8) is 0 Å². The maximum atomic E-state index is 13.7. The van der Waals surface area contributed by atoms with Gasteiger partial charge in [-0.05, 0) is 54.4 Å². The second-order valence-electron chi connectivity index (χ2n) is 8.37. The molecule has 1 unspecified atom stereocenters. The molecule has 36 heavy (non-hydrogen) atoms. The van der Waals surface area contributed by atoms with E-state index in [1.807, 2.05) is 31.2 Å². The van der Waals surface area contributed by atoms with Gasteiger partial charge < -0.3 is 18.8 Å². The van der Waals surface area contributed by atoms with Gasteiger partial charge in [-0.15, -0.1) is 0 Å². The van der Waals surface area contributed by atoms with Crippen LogP contribution in [0.5, 0.6) is 11.5 Å². The van der Waals surface area contributed by atoms with Crippen molar-refractivity contribution in [2.45, 2.75) is 19.5 Å². The van der Waals surface area contributed by atoms with E-state index in [-0.39, 0.29) is 23.6 Å². The van der Waals surface area contributed by atoms with Crippen molar-refractivity contribution in [1.29, 1.82) is 0 Å². The van der Waals surface area contributed by atoms with E-state index in [2.05, 4.69) is 6.58 Å². The van der Waals surface area contributed by atoms with E-state index in [0.717, 1.165) is 5.56 Å². The van der Waals surface area contributed by atoms with Gasteiger partial charge in [0.2, 0.25) is 5.76 Å². The molecule has 2 heterocycles. The smallest absolute Gasteiger partial charge is 0.291 e. The highest BCUT2D eigenvalue weighted by molar-refractivity contribution is 6.30. The van der Waals surface area contributed by atoms with Crippen LogP contribution in [0.1, 0.15) is 40.2 Å². The molecule has 0 fully saturated rings. The topological polar surface area (TPSA) is 69.0 Å². The zero-order valence-corrected chi connectivity index (χ0v) is 20.5. The first-order valence-electron chi connectivity index (χ1n) is 11.6. The summed E-state index contributed by atoms with van der Waals surface area (Å²) in [4.78, 5) is 29.0. The maximum absolute atomic E-state index is 13.7. The molecule has 4 aromatic rings. The summed E-state index contributed by atoms with van der Waals surface area (Å²) in [6.07, 6.45) is 1.65. The summed E-state index contributed by atoms with van der Waals surface area (Å²) in [5.41, 5.74) is 2.06. The number of hydrogen-bond acceptors (Lipinski definition) is 5. The number of ether oxygens (including phenoxy) is 2. The van der Waals surface area contributed by atoms with Crippen LogP contribution >= 0.6 is 11.6 Å². The molecule has 1 aliphatic heterocycles. The van der Waals surface area contributed by atoms with Crippen LogP contribution in [0.3, 0.4) is 0 Å². The number of hydrogen-bond donors (Lipinski definition) is 0. The van der Waals surface area contributed by atoms with Gasteiger partial charge >= 0.3 is 0 Å². The van der Waals surface area contributed by atoms with Gasteiger partial charge in [0.05, 0.1) is 23.6 Å². The maximum Gasteiger partial charge on any atom is 0.291 e. The van der Waals surface area contributed by atoms with Crippen molar-refractivity contribution in [2.75, 3.05) is 13.2 Å². The van der Waals surface area contributed by atoms with E-state index >= 15 is 0 Å². The summed E-state index contributed by atoms with van der Waals surface area (Å²) in [7, 11) is 0. The highest BCUT2D eigenvalue weighted by Gasteiger charge is 2.43. The van der Waals surface area contributed by atoms with Crippen molar-refractivity contribution >= 4 is 28.5 Å². The highest BCUT2D eigenvalue weighted by atomic mass is 35.5. The first kappa shape index (κ1) is 23.7. The predicted octanol–water partition coefficient (Wildman–Crippen LogP) is 6.16. The Labute approximate surface area is 213 Å². The van der Waals surface area contributed by atoms with Crippen LogP contribution in [0.15, 0.2) is 88.6 Å². The molecule has 182 valence electrons. The van der Waals surface area contributed by atoms with Gasteiger partial charge in [0.25, 0.3) is 5.91 Å². The first-order valence-corrected chi connectivity index (χ1v) is 12.0. The normalized spacial score (nSPS) is 14.7. The summed E-state index contributed by atoms with van der Waals surface area (Å²) in [5.74, 6) is 0.787. The van der Waals surface area contributed by atoms with Gasteiger partial charge in [-0.25, -0.2) is 0 Å². The fourth-order valence-corrected chi connectivity index (χ4v) is 4.62. The number of carbonyl (C=O) groups excluding carboxylic acids is 1. The SMILES string of the molecule is C=CCOc1ccc(C2c3c(oc4ccccc4c3=O)C(=O)N2Cc2ccc(Cl)cc2)cc1OCC. The molecule has 0 N–H and O–H groups in total. The van der Waals surface area contributed by atoms with E-state index in [9.17, 15) is 9.59 Å². The van der Waals surface area contributed by atoms with Crippen molar-refractivity contribution in [3.05, 3.63) is 117 Å². The number of amides is 1. The van der Waals surface area contributed by atoms with Crippen LogP contribution in [0, 0.1) is 0 Å². The fourth-order valence-electron chi connectivity index (χ4n) is 4.49. The van der Waals surface area contributed by atoms with Crippen LogP contribution < -0.4 is 14.9 Å². The van der Waals surface area contributed by atoms with E-state index in [1.54, 1.807) is 53.4 Å². The average molecular weight is 502 g/mol. The molecule has 1 atom stereocenters. The van der Waals surface area contributed by atoms with Crippen molar-refractivity contribution in [2.24, 2.45) is 0 Å². The number of para-hydroxylation sites is 1. The lowest BCUT2D eigenvalue weighted by Gasteiger charge is -2.26. The first-order chi connectivity index (χ1) is 17.5. The minimum absolute atomic E-state index is 0.0580. The molecule has 1 aromatic heterocycles. The lowest BCUT2D eigenvalue weighted by Crippen LogP contribution is -2.29. The molecule has 7 heteroatoms. The molecule has 1 aliphatic rings. The number of fused-ring (bicyclic) bond motifs is 2. The third-order valence-electron chi connectivity index (χ3n) is 6.08. The van der Waals surface area contributed by atoms with Gasteiger partial charge in [0, 0.05) is 11.6 Å². The Kier molecular flexibility index (Phi) is 6.53. The third-order valence-corrected chi connectivity index (χ3v) is 6.33. The Bertz CT molecular complexity index is 1510. The predicted molar refractivity (Wildman–Crippen MR) is 139 cm³/mol. The lowest BCUT2D eigenvalue weighted by molar-refractivity contribution is 0.0714. The van der Waals surface area contributed by atoms with Crippen molar-refractivity contribution in [3.8, 4) is 11.5 Å². The molecule has 0 spiro atoms. The van der Waals surface area contributed by atoms with Gasteiger partial charge in [-0.3, -0.25) is 9.59 Å². The minimum Gasteiger partial charge on any atom is -0.490 e. The van der Waals surface area contributed by atoms with E-state index in [1.165, 1.54) is 0 Å². The quantitative estimate of drug-likeness (QED) is 0.271. The van der Waals surface area contributed by atoms with Gasteiger partial charge in [0.1, 0.15) is 12.2 Å². The van der Waals surface area contributed by atoms with Gasteiger partial charge in [-0.2, -0.15) is 0 Å². The second-order valence-corrected chi connectivity index (χ2v) is 8.81. The highest BCUT2D eigenvalue weighted by Crippen LogP contribution is 2.41. The number of rotatable bonds is 8. The number of nitrogens with zero attached hydrogens (tertiary/aromatic N) is 1. The standard InChI is InChI=1S/C29H24ClNO5/c1-3-15-35-23-14-11-19(16-24(23)34-4-2)26-25-27(32)21-7-5-6-8-22(21)36-28(25)29(33)31(26)17-18-9-12-20(30)13-10-18/h3,5-14,16,26H,1,4,15,17H2,2H3. The van der Waals surface area contributed by atoms with Gasteiger partial charge in [0.15, 0.2) is 16.9 Å². The second kappa shape index (κ2) is 9.91. The zero-order chi connectivity index (χ0) is 25.2. The zero-order valence-electron chi connectivity index (χ0n) is 19.7. The van der Waals surface area contributed by atoms with E-state index in [4.69, 9.17) is 25.5 Å². The molecule has 5 rings (SSSR count). The van der Waals surface area contributed by atoms with Crippen LogP contribution in [-0.4, -0.2) is 24.0 Å². The molecular formula is C29H24ClNO5. The van der Waals surface area contributed by atoms with Crippen molar-refractivity contribution in [1.82, 2.24) is 4.90 Å². The van der Waals surface area contributed by atoms with Crippen LogP contribution in [-0.2, 0) is 6.54 Å². The van der Waals surface area contributed by atoms with Crippen molar-refractivity contribution < 1.29 is 18.7 Å². The summed E-state index contributed by atoms with van der Waals surface area (Å²) in [5, 5.41) is 1.03. The molecule has 3 aromatic carbocycles. The average Bonchev–Trinajstić information content (AvgIpc) is 3.16. The minimum atomic E-state index is -0.670. The lowest BCUT2D eigenvalue weighted by atomic mass is 9.97. The Morgan fingerprint density at radius 2 is 1.81 bits per heavy atom. The summed E-state index contributed by atoms with van der Waals surface area (Å²) in [6.45, 7) is 6.58. The van der Waals surface area contributed by atoms with Crippen LogP contribution in [0.2, 0.25) is 5.02 Å². The number of halogens is 1. The van der Waals surface area contributed by atoms with Gasteiger partial charge in [-0.1, -0.05) is 54.6 Å². The fraction of sp³-hybridized carbons (Fsp3) is 0.172. The third kappa shape index (κ3) is 4.25. The monoisotopic (exact) mass is 501 g/mol. The number of carbonyl (C=O) groups is 1. The molecule has 0 radical (unpaired) electrons. The molecule has 0 bridgehead atoms. The number of benzene rings is 3. The summed E-state index contributed by atoms with van der Waals surface area (Å²) < 4.78 is 17.6. The molecular weight excluding hydrogens is 478 g/mol. The molecule has 0 saturated heterocycles. The van der Waals surface area contributed by atoms with Crippen LogP contribution in [0.4, 0.5) is 0 Å². The molecule has 6 nitrogen and oxygen atoms in total. The van der Waals surface area contributed by atoms with E-state index < -0.39 is 6.04 Å². The van der Waals surface area contributed by atoms with Crippen LogP contribution in [0.25, 0.3) is 11.0 Å².